The van der Waals surface area contributed by atoms with Gasteiger partial charge in [-0.2, -0.15) is 0 Å². The lowest BCUT2D eigenvalue weighted by Crippen LogP contribution is -2.42. The lowest BCUT2D eigenvalue weighted by molar-refractivity contribution is 0.313. The van der Waals surface area contributed by atoms with Crippen molar-refractivity contribution in [3.63, 3.8) is 0 Å². The van der Waals surface area contributed by atoms with Gasteiger partial charge < -0.3 is 14.5 Å². The molecule has 0 radical (unpaired) electrons. The van der Waals surface area contributed by atoms with Crippen LogP contribution in [0.2, 0.25) is 0 Å². The standard InChI is InChI=1S/C26H32N4O3S/c1-4-28(5-2)19-20-30-24-10-7-6-9-23(24)27-26-25(34(30,31)32)11-8-17-29(26)18-16-21-12-14-22(33-3)15-13-21/h6-15,17H,4-5,16,18-20H2,1-3H3. The summed E-state index contributed by atoms with van der Waals surface area (Å²) in [5, 5.41) is 0. The minimum absolute atomic E-state index is 0.237. The topological polar surface area (TPSA) is 65.4 Å². The monoisotopic (exact) mass is 480 g/mol. The number of likely N-dealkylation sites (N-methyl/N-ethyl adjacent to an activating group) is 1. The molecule has 8 heteroatoms. The van der Waals surface area contributed by atoms with Gasteiger partial charge in [-0.3, -0.25) is 4.31 Å². The molecule has 2 heterocycles. The number of benzene rings is 2. The summed E-state index contributed by atoms with van der Waals surface area (Å²) >= 11 is 0. The summed E-state index contributed by atoms with van der Waals surface area (Å²) < 4.78 is 34.5. The van der Waals surface area contributed by atoms with Crippen molar-refractivity contribution >= 4 is 27.2 Å². The van der Waals surface area contributed by atoms with E-state index in [0.717, 1.165) is 30.8 Å². The predicted molar refractivity (Wildman–Crippen MR) is 138 cm³/mol. The first-order valence-electron chi connectivity index (χ1n) is 11.7. The summed E-state index contributed by atoms with van der Waals surface area (Å²) in [6.07, 6.45) is 6.09. The Kier molecular flexibility index (Phi) is 7.38. The van der Waals surface area contributed by atoms with Crippen LogP contribution in [0.3, 0.4) is 0 Å². The molecule has 0 saturated heterocycles. The first-order chi connectivity index (χ1) is 16.5. The SMILES string of the molecule is CCN(CC)CCN1c2ccccc2N=C2C(=CC=CN2CCc2ccc(OC)cc2)S1(=O)=O. The van der Waals surface area contributed by atoms with E-state index in [1.807, 2.05) is 59.6 Å². The van der Waals surface area contributed by atoms with E-state index in [1.165, 1.54) is 4.31 Å². The van der Waals surface area contributed by atoms with Gasteiger partial charge in [-0.15, -0.1) is 0 Å². The van der Waals surface area contributed by atoms with Crippen molar-refractivity contribution in [2.45, 2.75) is 20.3 Å². The normalized spacial score (nSPS) is 16.5. The largest absolute Gasteiger partial charge is 0.497 e. The summed E-state index contributed by atoms with van der Waals surface area (Å²) in [5.74, 6) is 1.28. The van der Waals surface area contributed by atoms with Gasteiger partial charge in [0.25, 0.3) is 10.0 Å². The van der Waals surface area contributed by atoms with Crippen molar-refractivity contribution < 1.29 is 13.2 Å². The molecule has 0 amide bonds. The Labute approximate surface area is 202 Å². The Hall–Kier alpha value is -3.10. The minimum atomic E-state index is -3.78. The zero-order chi connectivity index (χ0) is 24.1. The number of amidine groups is 1. The van der Waals surface area contributed by atoms with Gasteiger partial charge in [0.2, 0.25) is 0 Å². The van der Waals surface area contributed by atoms with Crippen LogP contribution in [-0.2, 0) is 16.4 Å². The molecule has 0 N–H and O–H groups in total. The van der Waals surface area contributed by atoms with Crippen molar-refractivity contribution in [3.05, 3.63) is 77.4 Å². The van der Waals surface area contributed by atoms with Crippen molar-refractivity contribution in [3.8, 4) is 5.75 Å². The van der Waals surface area contributed by atoms with Crippen LogP contribution < -0.4 is 9.04 Å². The summed E-state index contributed by atoms with van der Waals surface area (Å²) in [6, 6.07) is 15.4. The molecule has 0 saturated carbocycles. The molecule has 0 unspecified atom stereocenters. The zero-order valence-corrected chi connectivity index (χ0v) is 20.8. The number of ether oxygens (including phenoxy) is 1. The highest BCUT2D eigenvalue weighted by Crippen LogP contribution is 2.38. The molecule has 0 aromatic heterocycles. The number of sulfonamides is 1. The van der Waals surface area contributed by atoms with Crippen LogP contribution in [0.1, 0.15) is 19.4 Å². The quantitative estimate of drug-likeness (QED) is 0.539. The average molecular weight is 481 g/mol. The number of aliphatic imine (C=N–C) groups is 1. The molecular weight excluding hydrogens is 448 g/mol. The summed E-state index contributed by atoms with van der Waals surface area (Å²) in [4.78, 5) is 9.26. The van der Waals surface area contributed by atoms with E-state index < -0.39 is 10.0 Å². The number of hydrogen-bond donors (Lipinski definition) is 0. The highest BCUT2D eigenvalue weighted by atomic mass is 32.2. The van der Waals surface area contributed by atoms with Gasteiger partial charge in [0.15, 0.2) is 5.84 Å². The third-order valence-electron chi connectivity index (χ3n) is 6.27. The number of methoxy groups -OCH3 is 1. The fourth-order valence-electron chi connectivity index (χ4n) is 4.21. The molecule has 2 aliphatic heterocycles. The molecule has 0 fully saturated rings. The first kappa shape index (κ1) is 24.0. The fraction of sp³-hybridized carbons (Fsp3) is 0.346. The molecule has 4 rings (SSSR count). The van der Waals surface area contributed by atoms with Crippen molar-refractivity contribution in [2.75, 3.05) is 44.1 Å². The van der Waals surface area contributed by atoms with Crippen LogP contribution in [0.4, 0.5) is 11.4 Å². The molecule has 180 valence electrons. The van der Waals surface area contributed by atoms with Crippen LogP contribution in [0.25, 0.3) is 0 Å². The van der Waals surface area contributed by atoms with Gasteiger partial charge in [-0.1, -0.05) is 38.1 Å². The molecule has 0 aliphatic carbocycles. The molecule has 0 bridgehead atoms. The Bertz CT molecular complexity index is 1200. The molecule has 34 heavy (non-hydrogen) atoms. The van der Waals surface area contributed by atoms with E-state index >= 15 is 0 Å². The minimum Gasteiger partial charge on any atom is -0.497 e. The second kappa shape index (κ2) is 10.4. The van der Waals surface area contributed by atoms with Gasteiger partial charge >= 0.3 is 0 Å². The van der Waals surface area contributed by atoms with Crippen LogP contribution in [-0.4, -0.2) is 63.9 Å². The van der Waals surface area contributed by atoms with Crippen LogP contribution in [0.5, 0.6) is 5.75 Å². The maximum atomic E-state index is 13.9. The van der Waals surface area contributed by atoms with E-state index in [9.17, 15) is 8.42 Å². The number of nitrogens with zero attached hydrogens (tertiary/aromatic N) is 4. The number of fused-ring (bicyclic) bond motifs is 2. The number of hydrogen-bond acceptors (Lipinski definition) is 6. The Morgan fingerprint density at radius 1 is 1.00 bits per heavy atom. The number of rotatable bonds is 9. The molecular formula is C26H32N4O3S. The first-order valence-corrected chi connectivity index (χ1v) is 13.1. The second-order valence-corrected chi connectivity index (χ2v) is 10.0. The van der Waals surface area contributed by atoms with Gasteiger partial charge in [0.1, 0.15) is 10.7 Å². The Morgan fingerprint density at radius 2 is 1.74 bits per heavy atom. The third-order valence-corrected chi connectivity index (χ3v) is 8.10. The van der Waals surface area contributed by atoms with Crippen LogP contribution in [0.15, 0.2) is 76.8 Å². The molecule has 2 aliphatic rings. The molecule has 2 aromatic rings. The third kappa shape index (κ3) is 4.88. The van der Waals surface area contributed by atoms with Crippen molar-refractivity contribution in [2.24, 2.45) is 4.99 Å². The van der Waals surface area contributed by atoms with E-state index in [1.54, 1.807) is 19.3 Å². The van der Waals surface area contributed by atoms with Crippen molar-refractivity contribution in [1.82, 2.24) is 9.80 Å². The van der Waals surface area contributed by atoms with Crippen LogP contribution in [0, 0.1) is 0 Å². The molecule has 0 spiro atoms. The highest BCUT2D eigenvalue weighted by Gasteiger charge is 2.37. The summed E-state index contributed by atoms with van der Waals surface area (Å²) in [6.45, 7) is 7.55. The Morgan fingerprint density at radius 3 is 2.44 bits per heavy atom. The fourth-order valence-corrected chi connectivity index (χ4v) is 5.83. The lowest BCUT2D eigenvalue weighted by atomic mass is 10.1. The average Bonchev–Trinajstić information content (AvgIpc) is 2.96. The van der Waals surface area contributed by atoms with E-state index in [2.05, 4.69) is 18.7 Å². The summed E-state index contributed by atoms with van der Waals surface area (Å²) in [5.41, 5.74) is 2.42. The maximum absolute atomic E-state index is 13.9. The number of allylic oxidation sites excluding steroid dienone is 2. The number of para-hydroxylation sites is 2. The smallest absolute Gasteiger partial charge is 0.268 e. The van der Waals surface area contributed by atoms with Crippen molar-refractivity contribution in [1.29, 1.82) is 0 Å². The van der Waals surface area contributed by atoms with E-state index in [-0.39, 0.29) is 4.91 Å². The van der Waals surface area contributed by atoms with Gasteiger partial charge in [-0.25, -0.2) is 13.4 Å². The van der Waals surface area contributed by atoms with Gasteiger partial charge in [0.05, 0.1) is 18.5 Å². The van der Waals surface area contributed by atoms with Gasteiger partial charge in [0, 0.05) is 25.8 Å². The van der Waals surface area contributed by atoms with E-state index in [4.69, 9.17) is 9.73 Å². The zero-order valence-electron chi connectivity index (χ0n) is 20.0. The predicted octanol–water partition coefficient (Wildman–Crippen LogP) is 4.17. The highest BCUT2D eigenvalue weighted by molar-refractivity contribution is 7.97. The second-order valence-electron chi connectivity index (χ2n) is 8.19. The summed E-state index contributed by atoms with van der Waals surface area (Å²) in [7, 11) is -2.14. The molecule has 2 aromatic carbocycles. The molecule has 0 atom stereocenters. The maximum Gasteiger partial charge on any atom is 0.268 e. The molecule has 7 nitrogen and oxygen atoms in total. The van der Waals surface area contributed by atoms with Gasteiger partial charge in [-0.05, 0) is 61.5 Å². The lowest BCUT2D eigenvalue weighted by Gasteiger charge is -2.30. The number of anilines is 1. The van der Waals surface area contributed by atoms with Crippen LogP contribution >= 0.6 is 0 Å². The Balaban J connectivity index is 1.64. The van der Waals surface area contributed by atoms with E-state index in [0.29, 0.717) is 36.8 Å².